The number of hydrogen-bond donors (Lipinski definition) is 0. The Morgan fingerprint density at radius 1 is 1.33 bits per heavy atom. The molecule has 0 N–H and O–H groups in total. The van der Waals surface area contributed by atoms with Crippen LogP contribution in [-0.4, -0.2) is 43.4 Å². The Hall–Kier alpha value is -2.08. The van der Waals surface area contributed by atoms with Crippen LogP contribution in [0.2, 0.25) is 0 Å². The van der Waals surface area contributed by atoms with E-state index in [0.717, 1.165) is 0 Å². The summed E-state index contributed by atoms with van der Waals surface area (Å²) < 4.78 is 16.1. The van der Waals surface area contributed by atoms with Gasteiger partial charge in [-0.25, -0.2) is 4.79 Å². The van der Waals surface area contributed by atoms with Crippen molar-refractivity contribution in [2.75, 3.05) is 25.2 Å². The molecular weight excluding hydrogens is 272 g/mol. The average molecular weight is 290 g/mol. The molecule has 0 radical (unpaired) electrons. The minimum absolute atomic E-state index is 0.170. The van der Waals surface area contributed by atoms with Gasteiger partial charge in [-0.1, -0.05) is 6.07 Å². The molecule has 1 aliphatic rings. The molecule has 1 fully saturated rings. The van der Waals surface area contributed by atoms with Crippen LogP contribution in [0.15, 0.2) is 22.6 Å². The number of para-hydroxylation sites is 1. The van der Waals surface area contributed by atoms with Crippen LogP contribution >= 0.6 is 0 Å². The monoisotopic (exact) mass is 290 g/mol. The van der Waals surface area contributed by atoms with Crippen LogP contribution in [0.1, 0.15) is 24.2 Å². The van der Waals surface area contributed by atoms with E-state index in [-0.39, 0.29) is 12.1 Å². The predicted octanol–water partition coefficient (Wildman–Crippen LogP) is 2.23. The van der Waals surface area contributed by atoms with E-state index in [1.54, 1.807) is 18.2 Å². The van der Waals surface area contributed by atoms with Crippen molar-refractivity contribution < 1.29 is 18.7 Å². The van der Waals surface area contributed by atoms with Gasteiger partial charge in [-0.2, -0.15) is 4.98 Å². The largest absolute Gasteiger partial charge is 0.465 e. The second kappa shape index (κ2) is 5.37. The summed E-state index contributed by atoms with van der Waals surface area (Å²) >= 11 is 0. The molecule has 0 aliphatic carbocycles. The van der Waals surface area contributed by atoms with Gasteiger partial charge in [0, 0.05) is 0 Å². The van der Waals surface area contributed by atoms with Gasteiger partial charge in [-0.3, -0.25) is 0 Å². The molecular formula is C15H18N2O4. The van der Waals surface area contributed by atoms with Crippen LogP contribution in [0.25, 0.3) is 11.1 Å². The first-order valence-corrected chi connectivity index (χ1v) is 6.95. The number of anilines is 1. The quantitative estimate of drug-likeness (QED) is 0.790. The number of morpholine rings is 1. The topological polar surface area (TPSA) is 64.8 Å². The molecule has 3 rings (SSSR count). The molecule has 1 aromatic heterocycles. The summed E-state index contributed by atoms with van der Waals surface area (Å²) in [5, 5.41) is 0. The lowest BCUT2D eigenvalue weighted by molar-refractivity contribution is 0.0602. The first kappa shape index (κ1) is 13.9. The molecule has 2 aromatic rings. The predicted molar refractivity (Wildman–Crippen MR) is 77.6 cm³/mol. The fraction of sp³-hybridized carbons (Fsp3) is 0.467. The van der Waals surface area contributed by atoms with E-state index in [9.17, 15) is 4.79 Å². The molecule has 0 unspecified atom stereocenters. The molecule has 0 spiro atoms. The van der Waals surface area contributed by atoms with Crippen LogP contribution in [0.4, 0.5) is 6.01 Å². The van der Waals surface area contributed by atoms with Crippen molar-refractivity contribution in [3.05, 3.63) is 23.8 Å². The third kappa shape index (κ3) is 2.35. The van der Waals surface area contributed by atoms with Gasteiger partial charge in [-0.05, 0) is 26.0 Å². The van der Waals surface area contributed by atoms with Gasteiger partial charge in [0.25, 0.3) is 6.01 Å². The van der Waals surface area contributed by atoms with Crippen molar-refractivity contribution >= 4 is 23.1 Å². The number of hydrogen-bond acceptors (Lipinski definition) is 6. The lowest BCUT2D eigenvalue weighted by Gasteiger charge is -2.37. The van der Waals surface area contributed by atoms with Crippen LogP contribution in [0.5, 0.6) is 0 Å². The zero-order chi connectivity index (χ0) is 15.0. The molecule has 21 heavy (non-hydrogen) atoms. The van der Waals surface area contributed by atoms with Crippen LogP contribution < -0.4 is 4.90 Å². The van der Waals surface area contributed by atoms with Crippen LogP contribution in [-0.2, 0) is 9.47 Å². The number of carbonyl (C=O) groups excluding carboxylic acids is 1. The molecule has 1 saturated heterocycles. The third-order valence-electron chi connectivity index (χ3n) is 3.70. The van der Waals surface area contributed by atoms with Crippen molar-refractivity contribution in [1.29, 1.82) is 0 Å². The van der Waals surface area contributed by atoms with Crippen molar-refractivity contribution in [3.63, 3.8) is 0 Å². The molecule has 1 aliphatic heterocycles. The summed E-state index contributed by atoms with van der Waals surface area (Å²) in [4.78, 5) is 18.4. The highest BCUT2D eigenvalue weighted by molar-refractivity contribution is 6.01. The highest BCUT2D eigenvalue weighted by Gasteiger charge is 2.30. The van der Waals surface area contributed by atoms with Crippen molar-refractivity contribution in [2.45, 2.75) is 25.9 Å². The van der Waals surface area contributed by atoms with Gasteiger partial charge in [0.1, 0.15) is 5.52 Å². The highest BCUT2D eigenvalue weighted by Crippen LogP contribution is 2.29. The zero-order valence-corrected chi connectivity index (χ0v) is 12.3. The summed E-state index contributed by atoms with van der Waals surface area (Å²) in [6.45, 7) is 5.39. The molecule has 6 nitrogen and oxygen atoms in total. The zero-order valence-electron chi connectivity index (χ0n) is 12.3. The van der Waals surface area contributed by atoms with Gasteiger partial charge in [0.05, 0.1) is 38.0 Å². The number of oxazole rings is 1. The number of ether oxygens (including phenoxy) is 2. The van der Waals surface area contributed by atoms with E-state index in [0.29, 0.717) is 35.9 Å². The Morgan fingerprint density at radius 2 is 2.05 bits per heavy atom. The van der Waals surface area contributed by atoms with Crippen molar-refractivity contribution in [3.8, 4) is 0 Å². The average Bonchev–Trinajstić information content (AvgIpc) is 2.89. The third-order valence-corrected chi connectivity index (χ3v) is 3.70. The molecule has 2 heterocycles. The summed E-state index contributed by atoms with van der Waals surface area (Å²) in [6.07, 6.45) is 0. The Labute approximate surface area is 122 Å². The lowest BCUT2D eigenvalue weighted by Crippen LogP contribution is -2.49. The van der Waals surface area contributed by atoms with Gasteiger partial charge in [0.15, 0.2) is 5.58 Å². The SMILES string of the molecule is COC(=O)c1cccc2oc(N3[C@@H](C)COC[C@@H]3C)nc12. The minimum Gasteiger partial charge on any atom is -0.465 e. The van der Waals surface area contributed by atoms with Gasteiger partial charge in [0.2, 0.25) is 0 Å². The smallest absolute Gasteiger partial charge is 0.340 e. The van der Waals surface area contributed by atoms with E-state index < -0.39 is 5.97 Å². The molecule has 6 heteroatoms. The number of nitrogens with zero attached hydrogens (tertiary/aromatic N) is 2. The maximum Gasteiger partial charge on any atom is 0.340 e. The second-order valence-corrected chi connectivity index (χ2v) is 5.28. The van der Waals surface area contributed by atoms with Gasteiger partial charge < -0.3 is 18.8 Å². The number of fused-ring (bicyclic) bond motifs is 1. The molecule has 112 valence electrons. The number of benzene rings is 1. The Balaban J connectivity index is 2.06. The van der Waals surface area contributed by atoms with Crippen molar-refractivity contribution in [1.82, 2.24) is 4.98 Å². The number of aromatic nitrogens is 1. The Morgan fingerprint density at radius 3 is 2.71 bits per heavy atom. The van der Waals surface area contributed by atoms with Gasteiger partial charge in [-0.15, -0.1) is 0 Å². The summed E-state index contributed by atoms with van der Waals surface area (Å²) in [6, 6.07) is 6.10. The summed E-state index contributed by atoms with van der Waals surface area (Å²) in [7, 11) is 1.36. The maximum atomic E-state index is 11.8. The number of carbonyl (C=O) groups is 1. The minimum atomic E-state index is -0.413. The van der Waals surface area contributed by atoms with E-state index in [2.05, 4.69) is 23.7 Å². The standard InChI is InChI=1S/C15H18N2O4/c1-9-7-20-8-10(2)17(9)15-16-13-11(14(18)19-3)5-4-6-12(13)21-15/h4-6,9-10H,7-8H2,1-3H3/t9-,10-/m0/s1. The normalized spacial score (nSPS) is 22.5. The molecule has 0 amide bonds. The fourth-order valence-electron chi connectivity index (χ4n) is 2.70. The molecule has 0 saturated carbocycles. The summed E-state index contributed by atoms with van der Waals surface area (Å²) in [5.74, 6) is -0.413. The van der Waals surface area contributed by atoms with E-state index in [4.69, 9.17) is 13.9 Å². The summed E-state index contributed by atoms with van der Waals surface area (Å²) in [5.41, 5.74) is 1.53. The number of methoxy groups -OCH3 is 1. The Kier molecular flexibility index (Phi) is 3.55. The van der Waals surface area contributed by atoms with Crippen LogP contribution in [0.3, 0.4) is 0 Å². The molecule has 2 atom stereocenters. The number of rotatable bonds is 2. The second-order valence-electron chi connectivity index (χ2n) is 5.28. The lowest BCUT2D eigenvalue weighted by atomic mass is 10.2. The Bertz CT molecular complexity index is 657. The number of esters is 1. The fourth-order valence-corrected chi connectivity index (χ4v) is 2.70. The molecule has 1 aromatic carbocycles. The van der Waals surface area contributed by atoms with E-state index in [1.165, 1.54) is 7.11 Å². The first-order chi connectivity index (χ1) is 10.1. The van der Waals surface area contributed by atoms with E-state index >= 15 is 0 Å². The van der Waals surface area contributed by atoms with Crippen LogP contribution in [0, 0.1) is 0 Å². The van der Waals surface area contributed by atoms with Gasteiger partial charge >= 0.3 is 5.97 Å². The molecule has 0 bridgehead atoms. The maximum absolute atomic E-state index is 11.8. The first-order valence-electron chi connectivity index (χ1n) is 6.95. The van der Waals surface area contributed by atoms with Crippen molar-refractivity contribution in [2.24, 2.45) is 0 Å². The highest BCUT2D eigenvalue weighted by atomic mass is 16.5. The van der Waals surface area contributed by atoms with E-state index in [1.807, 2.05) is 0 Å².